The number of aliphatic imine (C=N–C) groups is 1. The van der Waals surface area contributed by atoms with Gasteiger partial charge in [0.05, 0.1) is 13.7 Å². The second-order valence-corrected chi connectivity index (χ2v) is 6.20. The van der Waals surface area contributed by atoms with Crippen LogP contribution in [0.25, 0.3) is 0 Å². The van der Waals surface area contributed by atoms with E-state index in [1.807, 2.05) is 62.4 Å². The van der Waals surface area contributed by atoms with Crippen LogP contribution in [0.3, 0.4) is 0 Å². The second-order valence-electron chi connectivity index (χ2n) is 6.20. The number of carbonyl (C=O) groups is 1. The van der Waals surface area contributed by atoms with Crippen LogP contribution in [0, 0.1) is 0 Å². The summed E-state index contributed by atoms with van der Waals surface area (Å²) < 4.78 is 10.9. The van der Waals surface area contributed by atoms with Crippen LogP contribution in [0.5, 0.6) is 11.5 Å². The Bertz CT molecular complexity index is 794. The van der Waals surface area contributed by atoms with Crippen molar-refractivity contribution in [3.05, 3.63) is 54.1 Å². The number of rotatable bonds is 10. The number of hydrogen-bond donors (Lipinski definition) is 3. The first kappa shape index (κ1) is 22.1. The first-order chi connectivity index (χ1) is 14.2. The Morgan fingerprint density at radius 2 is 1.83 bits per heavy atom. The average molecular weight is 399 g/mol. The maximum Gasteiger partial charge on any atom is 0.241 e. The lowest BCUT2D eigenvalue weighted by Gasteiger charge is -2.14. The van der Waals surface area contributed by atoms with Crippen molar-refractivity contribution in [3.63, 3.8) is 0 Å². The first-order valence-corrected chi connectivity index (χ1v) is 9.83. The molecule has 29 heavy (non-hydrogen) atoms. The van der Waals surface area contributed by atoms with Gasteiger partial charge in [-0.2, -0.15) is 0 Å². The molecule has 0 aliphatic carbocycles. The highest BCUT2D eigenvalue weighted by atomic mass is 16.5. The highest BCUT2D eigenvalue weighted by molar-refractivity contribution is 5.95. The minimum absolute atomic E-state index is 0.0400. The summed E-state index contributed by atoms with van der Waals surface area (Å²) in [6, 6.07) is 15.6. The molecule has 0 unspecified atom stereocenters. The van der Waals surface area contributed by atoms with E-state index in [2.05, 4.69) is 20.9 Å². The average Bonchev–Trinajstić information content (AvgIpc) is 2.74. The number of nitrogens with zero attached hydrogens (tertiary/aromatic N) is 1. The summed E-state index contributed by atoms with van der Waals surface area (Å²) in [4.78, 5) is 16.5. The van der Waals surface area contributed by atoms with E-state index in [0.717, 1.165) is 12.1 Å². The van der Waals surface area contributed by atoms with E-state index in [1.54, 1.807) is 7.11 Å². The molecule has 156 valence electrons. The maximum absolute atomic E-state index is 12.1. The molecule has 7 nitrogen and oxygen atoms in total. The van der Waals surface area contributed by atoms with Crippen molar-refractivity contribution in [2.24, 2.45) is 4.99 Å². The van der Waals surface area contributed by atoms with E-state index >= 15 is 0 Å². The molecule has 2 aromatic carbocycles. The molecule has 0 fully saturated rings. The minimum Gasteiger partial charge on any atom is -0.493 e. The third-order valence-corrected chi connectivity index (χ3v) is 4.03. The minimum atomic E-state index is -0.123. The summed E-state index contributed by atoms with van der Waals surface area (Å²) in [5.41, 5.74) is 1.98. The fourth-order valence-corrected chi connectivity index (χ4v) is 2.66. The van der Waals surface area contributed by atoms with E-state index in [1.165, 1.54) is 5.56 Å². The smallest absolute Gasteiger partial charge is 0.241 e. The predicted octanol–water partition coefficient (Wildman–Crippen LogP) is 2.83. The normalized spacial score (nSPS) is 10.9. The first-order valence-electron chi connectivity index (χ1n) is 9.83. The molecule has 0 aliphatic heterocycles. The molecule has 0 saturated carbocycles. The standard InChI is InChI=1S/C22H30N4O3/c1-4-23-22(26-18-11-12-19(29-5-2)20(15-18)28-3)25-16-21(27)24-14-13-17-9-7-6-8-10-17/h6-12,15H,4-5,13-14,16H2,1-3H3,(H,24,27)(H2,23,25,26). The van der Waals surface area contributed by atoms with Crippen LogP contribution < -0.4 is 25.4 Å². The van der Waals surface area contributed by atoms with Gasteiger partial charge in [-0.05, 0) is 38.0 Å². The van der Waals surface area contributed by atoms with Gasteiger partial charge in [0.15, 0.2) is 17.5 Å². The zero-order valence-electron chi connectivity index (χ0n) is 17.3. The quantitative estimate of drug-likeness (QED) is 0.423. The van der Waals surface area contributed by atoms with Gasteiger partial charge in [0.2, 0.25) is 5.91 Å². The van der Waals surface area contributed by atoms with E-state index in [4.69, 9.17) is 9.47 Å². The van der Waals surface area contributed by atoms with Gasteiger partial charge in [0.25, 0.3) is 0 Å². The summed E-state index contributed by atoms with van der Waals surface area (Å²) in [6.07, 6.45) is 0.792. The lowest BCUT2D eigenvalue weighted by atomic mass is 10.1. The van der Waals surface area contributed by atoms with Crippen LogP contribution in [0.1, 0.15) is 19.4 Å². The number of guanidine groups is 1. The van der Waals surface area contributed by atoms with Crippen LogP contribution in [0.2, 0.25) is 0 Å². The van der Waals surface area contributed by atoms with Crippen LogP contribution in [-0.4, -0.2) is 45.2 Å². The summed E-state index contributed by atoms with van der Waals surface area (Å²) in [7, 11) is 1.60. The number of carbonyl (C=O) groups excluding carboxylic acids is 1. The lowest BCUT2D eigenvalue weighted by Crippen LogP contribution is -2.33. The van der Waals surface area contributed by atoms with E-state index < -0.39 is 0 Å². The van der Waals surface area contributed by atoms with Gasteiger partial charge in [-0.15, -0.1) is 0 Å². The molecule has 2 aromatic rings. The molecular weight excluding hydrogens is 368 g/mol. The molecule has 0 spiro atoms. The molecule has 0 aliphatic rings. The highest BCUT2D eigenvalue weighted by Crippen LogP contribution is 2.30. The molecule has 0 heterocycles. The summed E-state index contributed by atoms with van der Waals surface area (Å²) in [6.45, 7) is 5.75. The third kappa shape index (κ3) is 7.73. The van der Waals surface area contributed by atoms with Crippen molar-refractivity contribution >= 4 is 17.6 Å². The van der Waals surface area contributed by atoms with Crippen LogP contribution in [0.4, 0.5) is 5.69 Å². The van der Waals surface area contributed by atoms with Gasteiger partial charge in [0.1, 0.15) is 6.54 Å². The Kier molecular flexibility index (Phi) is 9.35. The van der Waals surface area contributed by atoms with Crippen molar-refractivity contribution in [1.29, 1.82) is 0 Å². The number of nitrogens with one attached hydrogen (secondary N) is 3. The molecule has 0 saturated heterocycles. The van der Waals surface area contributed by atoms with Gasteiger partial charge in [-0.25, -0.2) is 4.99 Å². The molecule has 0 radical (unpaired) electrons. The van der Waals surface area contributed by atoms with E-state index in [9.17, 15) is 4.79 Å². The van der Waals surface area contributed by atoms with E-state index in [0.29, 0.717) is 37.2 Å². The molecule has 0 atom stereocenters. The summed E-state index contributed by atoms with van der Waals surface area (Å²) >= 11 is 0. The number of ether oxygens (including phenoxy) is 2. The summed E-state index contributed by atoms with van der Waals surface area (Å²) in [5.74, 6) is 1.71. The molecule has 3 N–H and O–H groups in total. The second kappa shape index (κ2) is 12.3. The monoisotopic (exact) mass is 398 g/mol. The SMILES string of the molecule is CCNC(=NCC(=O)NCCc1ccccc1)Nc1ccc(OCC)c(OC)c1. The number of methoxy groups -OCH3 is 1. The Balaban J connectivity index is 1.90. The Hall–Kier alpha value is -3.22. The van der Waals surface area contributed by atoms with E-state index in [-0.39, 0.29) is 12.5 Å². The highest BCUT2D eigenvalue weighted by Gasteiger charge is 2.07. The van der Waals surface area contributed by atoms with Crippen molar-refractivity contribution in [2.75, 3.05) is 38.7 Å². The van der Waals surface area contributed by atoms with Gasteiger partial charge in [-0.1, -0.05) is 30.3 Å². The van der Waals surface area contributed by atoms with Crippen LogP contribution >= 0.6 is 0 Å². The molecular formula is C22H30N4O3. The van der Waals surface area contributed by atoms with Crippen molar-refractivity contribution in [1.82, 2.24) is 10.6 Å². The molecule has 7 heteroatoms. The zero-order valence-corrected chi connectivity index (χ0v) is 17.3. The molecule has 0 bridgehead atoms. The van der Waals surface area contributed by atoms with Gasteiger partial charge in [-0.3, -0.25) is 4.79 Å². The lowest BCUT2D eigenvalue weighted by molar-refractivity contribution is -0.119. The van der Waals surface area contributed by atoms with Crippen LogP contribution in [-0.2, 0) is 11.2 Å². The van der Waals surface area contributed by atoms with Crippen molar-refractivity contribution in [2.45, 2.75) is 20.3 Å². The Morgan fingerprint density at radius 3 is 2.52 bits per heavy atom. The van der Waals surface area contributed by atoms with Crippen molar-refractivity contribution in [3.8, 4) is 11.5 Å². The van der Waals surface area contributed by atoms with Gasteiger partial charge in [0, 0.05) is 24.8 Å². The molecule has 0 aromatic heterocycles. The largest absolute Gasteiger partial charge is 0.493 e. The maximum atomic E-state index is 12.1. The fourth-order valence-electron chi connectivity index (χ4n) is 2.66. The Labute approximate surface area is 172 Å². The topological polar surface area (TPSA) is 84.0 Å². The third-order valence-electron chi connectivity index (χ3n) is 4.03. The van der Waals surface area contributed by atoms with Gasteiger partial charge >= 0.3 is 0 Å². The molecule has 2 rings (SSSR count). The molecule has 1 amide bonds. The number of benzene rings is 2. The number of hydrogen-bond acceptors (Lipinski definition) is 4. The Morgan fingerprint density at radius 1 is 1.03 bits per heavy atom. The van der Waals surface area contributed by atoms with Crippen molar-refractivity contribution < 1.29 is 14.3 Å². The summed E-state index contributed by atoms with van der Waals surface area (Å²) in [5, 5.41) is 9.21. The van der Waals surface area contributed by atoms with Gasteiger partial charge < -0.3 is 25.4 Å². The number of amides is 1. The fraction of sp³-hybridized carbons (Fsp3) is 0.364. The van der Waals surface area contributed by atoms with Crippen LogP contribution in [0.15, 0.2) is 53.5 Å². The zero-order chi connectivity index (χ0) is 20.9. The predicted molar refractivity (Wildman–Crippen MR) is 117 cm³/mol. The number of anilines is 1.